The molecule has 2 bridgehead atoms. The van der Waals surface area contributed by atoms with Gasteiger partial charge < -0.3 is 14.6 Å². The Morgan fingerprint density at radius 3 is 3.04 bits per heavy atom. The summed E-state index contributed by atoms with van der Waals surface area (Å²) in [6, 6.07) is 4.81. The zero-order valence-electron chi connectivity index (χ0n) is 15.0. The standard InChI is InChI=1S/C18H17N7O3/c1-28-16(26)12-2-3-14-15(21-12)25(10-5-7-24(14)9-10)18(27)23-17-20-8-13-11(22-17)4-6-19-13/h2-4,6,8,10,19H,5,7,9H2,1H3,(H,20,22,23,27)/t10-/m0/s1. The lowest BCUT2D eigenvalue weighted by atomic mass is 10.2. The number of carbonyl (C=O) groups excluding carboxylic acids is 2. The van der Waals surface area contributed by atoms with E-state index in [-0.39, 0.29) is 23.7 Å². The van der Waals surface area contributed by atoms with Gasteiger partial charge in [0.1, 0.15) is 0 Å². The summed E-state index contributed by atoms with van der Waals surface area (Å²) in [5.74, 6) is 0.109. The van der Waals surface area contributed by atoms with E-state index in [1.54, 1.807) is 29.4 Å². The molecule has 2 amide bonds. The van der Waals surface area contributed by atoms with E-state index in [2.05, 4.69) is 30.2 Å². The second kappa shape index (κ2) is 6.19. The van der Waals surface area contributed by atoms with E-state index >= 15 is 0 Å². The third kappa shape index (κ3) is 2.53. The van der Waals surface area contributed by atoms with Crippen molar-refractivity contribution in [2.75, 3.05) is 35.3 Å². The molecule has 1 saturated heterocycles. The summed E-state index contributed by atoms with van der Waals surface area (Å²) in [7, 11) is 1.30. The van der Waals surface area contributed by atoms with E-state index in [9.17, 15) is 9.59 Å². The summed E-state index contributed by atoms with van der Waals surface area (Å²) >= 11 is 0. The number of nitrogens with one attached hydrogen (secondary N) is 2. The van der Waals surface area contributed by atoms with Gasteiger partial charge >= 0.3 is 12.0 Å². The maximum Gasteiger partial charge on any atom is 0.356 e. The Labute approximate surface area is 159 Å². The van der Waals surface area contributed by atoms with Gasteiger partial charge in [-0.1, -0.05) is 0 Å². The van der Waals surface area contributed by atoms with Gasteiger partial charge in [-0.25, -0.2) is 24.5 Å². The largest absolute Gasteiger partial charge is 0.464 e. The number of esters is 1. The molecule has 3 aromatic rings. The molecular formula is C18H17N7O3. The van der Waals surface area contributed by atoms with Crippen molar-refractivity contribution in [3.63, 3.8) is 0 Å². The molecule has 0 aromatic carbocycles. The summed E-state index contributed by atoms with van der Waals surface area (Å²) in [5.41, 5.74) is 2.48. The number of rotatable bonds is 2. The average molecular weight is 379 g/mol. The van der Waals surface area contributed by atoms with E-state index in [1.165, 1.54) is 7.11 Å². The molecule has 142 valence electrons. The number of methoxy groups -OCH3 is 1. The Hall–Kier alpha value is -3.69. The first-order valence-corrected chi connectivity index (χ1v) is 8.88. The summed E-state index contributed by atoms with van der Waals surface area (Å²) < 4.78 is 4.76. The van der Waals surface area contributed by atoms with Crippen LogP contribution in [-0.2, 0) is 4.74 Å². The van der Waals surface area contributed by atoms with Gasteiger partial charge in [0.25, 0.3) is 0 Å². The summed E-state index contributed by atoms with van der Waals surface area (Å²) in [6.45, 7) is 1.55. The second-order valence-corrected chi connectivity index (χ2v) is 6.69. The molecule has 28 heavy (non-hydrogen) atoms. The third-order valence-electron chi connectivity index (χ3n) is 5.08. The van der Waals surface area contributed by atoms with Crippen molar-refractivity contribution in [1.29, 1.82) is 0 Å². The first-order chi connectivity index (χ1) is 13.6. The summed E-state index contributed by atoms with van der Waals surface area (Å²) in [4.78, 5) is 44.7. The van der Waals surface area contributed by atoms with Crippen LogP contribution in [-0.4, -0.2) is 58.2 Å². The number of pyridine rings is 1. The van der Waals surface area contributed by atoms with Crippen molar-refractivity contribution in [2.45, 2.75) is 12.5 Å². The van der Waals surface area contributed by atoms with Gasteiger partial charge in [-0.15, -0.1) is 0 Å². The number of anilines is 3. The number of urea groups is 1. The van der Waals surface area contributed by atoms with Gasteiger partial charge in [0.15, 0.2) is 11.5 Å². The van der Waals surface area contributed by atoms with E-state index in [1.807, 2.05) is 6.07 Å². The molecule has 5 heterocycles. The monoisotopic (exact) mass is 379 g/mol. The first-order valence-electron chi connectivity index (χ1n) is 8.88. The van der Waals surface area contributed by atoms with Crippen LogP contribution in [0.5, 0.6) is 0 Å². The molecule has 0 unspecified atom stereocenters. The molecule has 2 aliphatic rings. The lowest BCUT2D eigenvalue weighted by molar-refractivity contribution is 0.0594. The number of aromatic nitrogens is 4. The maximum absolute atomic E-state index is 13.1. The van der Waals surface area contributed by atoms with Crippen molar-refractivity contribution in [3.8, 4) is 0 Å². The van der Waals surface area contributed by atoms with Gasteiger partial charge in [0.05, 0.1) is 36.1 Å². The van der Waals surface area contributed by atoms with Crippen LogP contribution < -0.4 is 15.1 Å². The topological polar surface area (TPSA) is 116 Å². The summed E-state index contributed by atoms with van der Waals surface area (Å²) in [5, 5.41) is 2.76. The third-order valence-corrected chi connectivity index (χ3v) is 5.08. The first kappa shape index (κ1) is 16.5. The van der Waals surface area contributed by atoms with Gasteiger partial charge in [0, 0.05) is 19.3 Å². The molecule has 2 aliphatic heterocycles. The van der Waals surface area contributed by atoms with Crippen molar-refractivity contribution in [2.24, 2.45) is 0 Å². The maximum atomic E-state index is 13.1. The number of carbonyl (C=O) groups is 2. The predicted octanol–water partition coefficient (Wildman–Crippen LogP) is 1.77. The smallest absolute Gasteiger partial charge is 0.356 e. The van der Waals surface area contributed by atoms with E-state index in [0.717, 1.165) is 30.7 Å². The highest BCUT2D eigenvalue weighted by atomic mass is 16.5. The Morgan fingerprint density at radius 1 is 1.29 bits per heavy atom. The quantitative estimate of drug-likeness (QED) is 0.652. The molecule has 1 atom stereocenters. The Balaban J connectivity index is 1.50. The normalized spacial score (nSPS) is 17.5. The molecule has 5 rings (SSSR count). The van der Waals surface area contributed by atoms with Crippen LogP contribution in [0.2, 0.25) is 0 Å². The Kier molecular flexibility index (Phi) is 3.64. The van der Waals surface area contributed by atoms with E-state index in [4.69, 9.17) is 4.74 Å². The van der Waals surface area contributed by atoms with Crippen LogP contribution in [0, 0.1) is 0 Å². The number of H-pyrrole nitrogens is 1. The van der Waals surface area contributed by atoms with Gasteiger partial charge in [0.2, 0.25) is 5.95 Å². The van der Waals surface area contributed by atoms with Crippen LogP contribution in [0.25, 0.3) is 11.0 Å². The van der Waals surface area contributed by atoms with Crippen molar-refractivity contribution < 1.29 is 14.3 Å². The highest BCUT2D eigenvalue weighted by molar-refractivity contribution is 6.04. The lowest BCUT2D eigenvalue weighted by Gasteiger charge is -2.35. The number of fused-ring (bicyclic) bond motifs is 5. The number of hydrogen-bond donors (Lipinski definition) is 2. The second-order valence-electron chi connectivity index (χ2n) is 6.69. The highest BCUT2D eigenvalue weighted by Gasteiger charge is 2.40. The van der Waals surface area contributed by atoms with Crippen LogP contribution in [0.15, 0.2) is 30.6 Å². The molecule has 0 radical (unpaired) electrons. The number of hydrogen-bond acceptors (Lipinski definition) is 7. The fraction of sp³-hybridized carbons (Fsp3) is 0.278. The van der Waals surface area contributed by atoms with Crippen LogP contribution >= 0.6 is 0 Å². The van der Waals surface area contributed by atoms with Gasteiger partial charge in [-0.05, 0) is 24.6 Å². The SMILES string of the molecule is COC(=O)c1ccc2c(n1)N(C(=O)Nc1ncc3[nH]ccc3n1)[C@H]1CCN2C1. The Morgan fingerprint density at radius 2 is 2.18 bits per heavy atom. The van der Waals surface area contributed by atoms with Crippen LogP contribution in [0.1, 0.15) is 16.9 Å². The number of ether oxygens (including phenoxy) is 1. The lowest BCUT2D eigenvalue weighted by Crippen LogP contribution is -2.48. The van der Waals surface area contributed by atoms with E-state index < -0.39 is 5.97 Å². The zero-order chi connectivity index (χ0) is 19.3. The number of nitrogens with zero attached hydrogens (tertiary/aromatic N) is 5. The average Bonchev–Trinajstić information content (AvgIpc) is 3.34. The minimum absolute atomic E-state index is 0.0381. The van der Waals surface area contributed by atoms with E-state index in [0.29, 0.717) is 11.3 Å². The summed E-state index contributed by atoms with van der Waals surface area (Å²) in [6.07, 6.45) is 4.19. The molecular weight excluding hydrogens is 362 g/mol. The molecule has 0 aliphatic carbocycles. The fourth-order valence-electron chi connectivity index (χ4n) is 3.75. The predicted molar refractivity (Wildman–Crippen MR) is 102 cm³/mol. The number of aromatic amines is 1. The molecule has 10 nitrogen and oxygen atoms in total. The minimum atomic E-state index is -0.544. The molecule has 1 fully saturated rings. The van der Waals surface area contributed by atoms with Crippen LogP contribution in [0.4, 0.5) is 22.2 Å². The molecule has 2 N–H and O–H groups in total. The highest BCUT2D eigenvalue weighted by Crippen LogP contribution is 2.39. The van der Waals surface area contributed by atoms with Crippen molar-refractivity contribution in [1.82, 2.24) is 19.9 Å². The molecule has 10 heteroatoms. The van der Waals surface area contributed by atoms with Crippen molar-refractivity contribution in [3.05, 3.63) is 36.3 Å². The van der Waals surface area contributed by atoms with Crippen molar-refractivity contribution >= 4 is 40.5 Å². The molecule has 3 aromatic heterocycles. The van der Waals surface area contributed by atoms with Gasteiger partial charge in [-0.2, -0.15) is 0 Å². The minimum Gasteiger partial charge on any atom is -0.464 e. The zero-order valence-corrected chi connectivity index (χ0v) is 15.0. The molecule has 0 spiro atoms. The van der Waals surface area contributed by atoms with Gasteiger partial charge in [-0.3, -0.25) is 10.2 Å². The number of amides is 2. The fourth-order valence-corrected chi connectivity index (χ4v) is 3.75. The van der Waals surface area contributed by atoms with Crippen LogP contribution in [0.3, 0.4) is 0 Å². The Bertz CT molecular complexity index is 1100. The molecule has 0 saturated carbocycles.